The van der Waals surface area contributed by atoms with Crippen LogP contribution in [-0.2, 0) is 0 Å². The Bertz CT molecular complexity index is 317. The minimum Gasteiger partial charge on any atom is -0.496 e. The first-order valence-electron chi connectivity index (χ1n) is 6.09. The lowest BCUT2D eigenvalue weighted by Crippen LogP contribution is -1.98. The maximum absolute atomic E-state index is 5.39. The van der Waals surface area contributed by atoms with Crippen LogP contribution in [0.4, 0.5) is 0 Å². The van der Waals surface area contributed by atoms with Gasteiger partial charge in [0.05, 0.1) is 7.11 Å². The first-order valence-corrected chi connectivity index (χ1v) is 6.09. The average Bonchev–Trinajstić information content (AvgIpc) is 2.35. The van der Waals surface area contributed by atoms with Crippen molar-refractivity contribution in [1.82, 2.24) is 0 Å². The third-order valence-corrected chi connectivity index (χ3v) is 2.94. The Kier molecular flexibility index (Phi) is 5.69. The van der Waals surface area contributed by atoms with E-state index in [0.29, 0.717) is 5.92 Å². The van der Waals surface area contributed by atoms with Crippen LogP contribution in [0.15, 0.2) is 36.9 Å². The van der Waals surface area contributed by atoms with Crippen LogP contribution in [0.5, 0.6) is 5.75 Å². The highest BCUT2D eigenvalue weighted by atomic mass is 16.5. The van der Waals surface area contributed by atoms with Crippen LogP contribution in [0, 0.1) is 0 Å². The summed E-state index contributed by atoms with van der Waals surface area (Å²) >= 11 is 0. The first kappa shape index (κ1) is 12.8. The summed E-state index contributed by atoms with van der Waals surface area (Å²) in [6, 6.07) is 8.23. The molecule has 1 unspecified atom stereocenters. The minimum atomic E-state index is 0.419. The Labute approximate surface area is 99.1 Å². The number of hydrogen-bond donors (Lipinski definition) is 0. The number of para-hydroxylation sites is 1. The topological polar surface area (TPSA) is 9.23 Å². The zero-order valence-corrected chi connectivity index (χ0v) is 10.4. The van der Waals surface area contributed by atoms with E-state index in [1.54, 1.807) is 7.11 Å². The molecule has 0 N–H and O–H groups in total. The molecule has 0 aliphatic rings. The fraction of sp³-hybridized carbons (Fsp3) is 0.467. The van der Waals surface area contributed by atoms with E-state index in [9.17, 15) is 0 Å². The van der Waals surface area contributed by atoms with Gasteiger partial charge in [-0.2, -0.15) is 0 Å². The molecule has 0 spiro atoms. The zero-order chi connectivity index (χ0) is 11.8. The van der Waals surface area contributed by atoms with Crippen LogP contribution < -0.4 is 4.74 Å². The van der Waals surface area contributed by atoms with Crippen molar-refractivity contribution in [2.45, 2.75) is 38.5 Å². The monoisotopic (exact) mass is 218 g/mol. The molecule has 88 valence electrons. The normalized spacial score (nSPS) is 12.1. The van der Waals surface area contributed by atoms with E-state index in [-0.39, 0.29) is 0 Å². The summed E-state index contributed by atoms with van der Waals surface area (Å²) in [6.07, 6.45) is 7.01. The molecular weight excluding hydrogens is 196 g/mol. The second kappa shape index (κ2) is 7.10. The molecule has 16 heavy (non-hydrogen) atoms. The molecule has 1 atom stereocenters. The SMILES string of the molecule is C=CC(CCCCC)c1ccccc1OC. The van der Waals surface area contributed by atoms with Gasteiger partial charge in [0.1, 0.15) is 5.75 Å². The molecule has 0 aliphatic carbocycles. The fourth-order valence-corrected chi connectivity index (χ4v) is 1.99. The Morgan fingerprint density at radius 2 is 2.06 bits per heavy atom. The summed E-state index contributed by atoms with van der Waals surface area (Å²) in [5, 5.41) is 0. The predicted octanol–water partition coefficient (Wildman–Crippen LogP) is 4.55. The number of methoxy groups -OCH3 is 1. The van der Waals surface area contributed by atoms with Gasteiger partial charge in [0, 0.05) is 11.5 Å². The second-order valence-electron chi connectivity index (χ2n) is 4.08. The number of unbranched alkanes of at least 4 members (excludes halogenated alkanes) is 2. The summed E-state index contributed by atoms with van der Waals surface area (Å²) in [4.78, 5) is 0. The summed E-state index contributed by atoms with van der Waals surface area (Å²) in [6.45, 7) is 6.16. The van der Waals surface area contributed by atoms with Crippen molar-refractivity contribution >= 4 is 0 Å². The van der Waals surface area contributed by atoms with Crippen LogP contribution in [0.2, 0.25) is 0 Å². The second-order valence-corrected chi connectivity index (χ2v) is 4.08. The third-order valence-electron chi connectivity index (χ3n) is 2.94. The molecule has 1 aromatic carbocycles. The molecule has 1 nitrogen and oxygen atoms in total. The van der Waals surface area contributed by atoms with Gasteiger partial charge in [0.25, 0.3) is 0 Å². The van der Waals surface area contributed by atoms with E-state index >= 15 is 0 Å². The molecule has 0 heterocycles. The van der Waals surface area contributed by atoms with Crippen molar-refractivity contribution in [3.8, 4) is 5.75 Å². The van der Waals surface area contributed by atoms with Gasteiger partial charge in [-0.3, -0.25) is 0 Å². The molecule has 0 saturated heterocycles. The number of benzene rings is 1. The maximum atomic E-state index is 5.39. The summed E-state index contributed by atoms with van der Waals surface area (Å²) in [5.41, 5.74) is 1.26. The molecule has 0 saturated carbocycles. The maximum Gasteiger partial charge on any atom is 0.122 e. The molecule has 0 bridgehead atoms. The van der Waals surface area contributed by atoms with E-state index in [0.717, 1.165) is 12.2 Å². The number of rotatable bonds is 7. The van der Waals surface area contributed by atoms with Gasteiger partial charge in [-0.15, -0.1) is 6.58 Å². The summed E-state index contributed by atoms with van der Waals surface area (Å²) in [7, 11) is 1.73. The van der Waals surface area contributed by atoms with E-state index < -0.39 is 0 Å². The van der Waals surface area contributed by atoms with Gasteiger partial charge in [-0.1, -0.05) is 50.5 Å². The van der Waals surface area contributed by atoms with E-state index in [4.69, 9.17) is 4.74 Å². The Balaban J connectivity index is 2.73. The smallest absolute Gasteiger partial charge is 0.122 e. The molecule has 0 aromatic heterocycles. The standard InChI is InChI=1S/C15H22O/c1-4-6-7-10-13(5-2)14-11-8-9-12-15(14)16-3/h5,8-9,11-13H,2,4,6-7,10H2,1,3H3. The summed E-state index contributed by atoms with van der Waals surface area (Å²) < 4.78 is 5.39. The Morgan fingerprint density at radius 3 is 2.69 bits per heavy atom. The molecule has 1 rings (SSSR count). The molecule has 1 aromatic rings. The average molecular weight is 218 g/mol. The highest BCUT2D eigenvalue weighted by Gasteiger charge is 2.11. The van der Waals surface area contributed by atoms with Crippen molar-refractivity contribution in [1.29, 1.82) is 0 Å². The van der Waals surface area contributed by atoms with Crippen molar-refractivity contribution in [2.75, 3.05) is 7.11 Å². The van der Waals surface area contributed by atoms with Crippen LogP contribution in [0.3, 0.4) is 0 Å². The summed E-state index contributed by atoms with van der Waals surface area (Å²) in [5.74, 6) is 1.39. The molecule has 0 aliphatic heterocycles. The van der Waals surface area contributed by atoms with Crippen LogP contribution in [-0.4, -0.2) is 7.11 Å². The molecule has 0 radical (unpaired) electrons. The molecule has 0 fully saturated rings. The fourth-order valence-electron chi connectivity index (χ4n) is 1.99. The highest BCUT2D eigenvalue weighted by Crippen LogP contribution is 2.30. The Morgan fingerprint density at radius 1 is 1.31 bits per heavy atom. The van der Waals surface area contributed by atoms with Crippen molar-refractivity contribution < 1.29 is 4.74 Å². The predicted molar refractivity (Wildman–Crippen MR) is 70.1 cm³/mol. The third kappa shape index (κ3) is 3.41. The minimum absolute atomic E-state index is 0.419. The lowest BCUT2D eigenvalue weighted by atomic mass is 9.92. The van der Waals surface area contributed by atoms with Crippen LogP contribution in [0.25, 0.3) is 0 Å². The van der Waals surface area contributed by atoms with Crippen molar-refractivity contribution in [3.05, 3.63) is 42.5 Å². The number of ether oxygens (including phenoxy) is 1. The number of allylic oxidation sites excluding steroid dienone is 1. The molecule has 1 heteroatoms. The Hall–Kier alpha value is -1.24. The van der Waals surface area contributed by atoms with Crippen LogP contribution in [0.1, 0.15) is 44.1 Å². The molecular formula is C15H22O. The van der Waals surface area contributed by atoms with Gasteiger partial charge >= 0.3 is 0 Å². The number of hydrogen-bond acceptors (Lipinski definition) is 1. The van der Waals surface area contributed by atoms with Crippen molar-refractivity contribution in [3.63, 3.8) is 0 Å². The van der Waals surface area contributed by atoms with E-state index in [1.807, 2.05) is 18.2 Å². The first-order chi connectivity index (χ1) is 7.83. The van der Waals surface area contributed by atoms with E-state index in [2.05, 4.69) is 25.6 Å². The van der Waals surface area contributed by atoms with Gasteiger partial charge in [0.15, 0.2) is 0 Å². The van der Waals surface area contributed by atoms with Crippen molar-refractivity contribution in [2.24, 2.45) is 0 Å². The van der Waals surface area contributed by atoms with Crippen LogP contribution >= 0.6 is 0 Å². The van der Waals surface area contributed by atoms with Gasteiger partial charge in [0.2, 0.25) is 0 Å². The lowest BCUT2D eigenvalue weighted by Gasteiger charge is -2.16. The van der Waals surface area contributed by atoms with Gasteiger partial charge in [-0.05, 0) is 12.5 Å². The molecule has 0 amide bonds. The highest BCUT2D eigenvalue weighted by molar-refractivity contribution is 5.38. The lowest BCUT2D eigenvalue weighted by molar-refractivity contribution is 0.406. The largest absolute Gasteiger partial charge is 0.496 e. The van der Waals surface area contributed by atoms with E-state index in [1.165, 1.54) is 24.8 Å². The van der Waals surface area contributed by atoms with Gasteiger partial charge in [-0.25, -0.2) is 0 Å². The zero-order valence-electron chi connectivity index (χ0n) is 10.4. The quantitative estimate of drug-likeness (QED) is 0.482. The van der Waals surface area contributed by atoms with Gasteiger partial charge < -0.3 is 4.74 Å².